The Morgan fingerprint density at radius 2 is 1.48 bits per heavy atom. The second kappa shape index (κ2) is 7.15. The highest BCUT2D eigenvalue weighted by molar-refractivity contribution is 6.01. The Morgan fingerprint density at radius 3 is 1.96 bits per heavy atom. The first-order valence-corrected chi connectivity index (χ1v) is 8.67. The summed E-state index contributed by atoms with van der Waals surface area (Å²) < 4.78 is 1.47. The maximum atomic E-state index is 13.4. The SMILES string of the molecule is Cc1ccc(C(=O)[C@H](c2ccc(C)cc2)n2nc(C)c([N+](=O)[O-])c2C)cc1. The molecule has 0 amide bonds. The van der Waals surface area contributed by atoms with Crippen LogP contribution in [0.3, 0.4) is 0 Å². The van der Waals surface area contributed by atoms with Crippen molar-refractivity contribution in [3.05, 3.63) is 92.3 Å². The molecule has 0 N–H and O–H groups in total. The molecule has 0 unspecified atom stereocenters. The first-order chi connectivity index (χ1) is 12.8. The average Bonchev–Trinajstić information content (AvgIpc) is 2.91. The molecule has 138 valence electrons. The summed E-state index contributed by atoms with van der Waals surface area (Å²) in [5, 5.41) is 15.8. The molecule has 0 aliphatic heterocycles. The largest absolute Gasteiger partial charge is 0.312 e. The molecule has 3 rings (SSSR count). The van der Waals surface area contributed by atoms with Gasteiger partial charge in [-0.15, -0.1) is 0 Å². The summed E-state index contributed by atoms with van der Waals surface area (Å²) in [7, 11) is 0. The van der Waals surface area contributed by atoms with Crippen LogP contribution in [0.5, 0.6) is 0 Å². The lowest BCUT2D eigenvalue weighted by Gasteiger charge is -2.19. The van der Waals surface area contributed by atoms with Crippen LogP contribution in [-0.2, 0) is 0 Å². The van der Waals surface area contributed by atoms with Crippen molar-refractivity contribution in [2.24, 2.45) is 0 Å². The zero-order valence-electron chi connectivity index (χ0n) is 15.8. The number of carbonyl (C=O) groups is 1. The quantitative estimate of drug-likeness (QED) is 0.380. The fraction of sp³-hybridized carbons (Fsp3) is 0.238. The Balaban J connectivity index is 2.18. The maximum absolute atomic E-state index is 13.4. The van der Waals surface area contributed by atoms with Gasteiger partial charge in [0.1, 0.15) is 17.4 Å². The molecule has 0 aliphatic carbocycles. The van der Waals surface area contributed by atoms with E-state index in [2.05, 4.69) is 5.10 Å². The van der Waals surface area contributed by atoms with E-state index in [1.54, 1.807) is 26.0 Å². The van der Waals surface area contributed by atoms with Gasteiger partial charge in [-0.2, -0.15) is 5.10 Å². The monoisotopic (exact) mass is 363 g/mol. The number of hydrogen-bond donors (Lipinski definition) is 0. The normalized spacial score (nSPS) is 12.0. The number of ketones is 1. The molecule has 1 heterocycles. The molecule has 2 aromatic carbocycles. The summed E-state index contributed by atoms with van der Waals surface area (Å²) in [4.78, 5) is 24.3. The fourth-order valence-corrected chi connectivity index (χ4v) is 3.20. The summed E-state index contributed by atoms with van der Waals surface area (Å²) in [6.45, 7) is 7.14. The van der Waals surface area contributed by atoms with Crippen LogP contribution in [0.4, 0.5) is 5.69 Å². The summed E-state index contributed by atoms with van der Waals surface area (Å²) in [5.41, 5.74) is 4.02. The Morgan fingerprint density at radius 1 is 0.963 bits per heavy atom. The second-order valence-electron chi connectivity index (χ2n) is 6.76. The highest BCUT2D eigenvalue weighted by Crippen LogP contribution is 2.30. The third kappa shape index (κ3) is 3.51. The number of aryl methyl sites for hydroxylation is 3. The predicted octanol–water partition coefficient (Wildman–Crippen LogP) is 4.50. The number of benzene rings is 2. The first kappa shape index (κ1) is 18.5. The summed E-state index contributed by atoms with van der Waals surface area (Å²) in [6, 6.07) is 14.1. The van der Waals surface area contributed by atoms with Crippen LogP contribution < -0.4 is 0 Å². The van der Waals surface area contributed by atoms with Gasteiger partial charge < -0.3 is 0 Å². The zero-order valence-corrected chi connectivity index (χ0v) is 15.8. The smallest absolute Gasteiger partial charge is 0.291 e. The Bertz CT molecular complexity index is 1000. The number of nitro groups is 1. The Kier molecular flexibility index (Phi) is 4.90. The van der Waals surface area contributed by atoms with E-state index in [1.165, 1.54) is 4.68 Å². The molecular weight excluding hydrogens is 342 g/mol. The minimum absolute atomic E-state index is 0.0520. The van der Waals surface area contributed by atoms with Gasteiger partial charge in [0.15, 0.2) is 5.78 Å². The second-order valence-corrected chi connectivity index (χ2v) is 6.76. The summed E-state index contributed by atoms with van der Waals surface area (Å²) in [5.74, 6) is -0.153. The molecule has 3 aromatic rings. The maximum Gasteiger partial charge on any atom is 0.312 e. The molecule has 0 spiro atoms. The van der Waals surface area contributed by atoms with Crippen molar-refractivity contribution in [3.63, 3.8) is 0 Å². The molecule has 0 saturated carbocycles. The van der Waals surface area contributed by atoms with Crippen LogP contribution in [-0.4, -0.2) is 20.5 Å². The van der Waals surface area contributed by atoms with E-state index >= 15 is 0 Å². The minimum Gasteiger partial charge on any atom is -0.291 e. The van der Waals surface area contributed by atoms with Crippen LogP contribution in [0.25, 0.3) is 0 Å². The molecule has 0 aliphatic rings. The van der Waals surface area contributed by atoms with Gasteiger partial charge in [0.25, 0.3) is 0 Å². The molecule has 0 radical (unpaired) electrons. The van der Waals surface area contributed by atoms with Crippen molar-refractivity contribution >= 4 is 11.5 Å². The number of Topliss-reactive ketones (excluding diaryl/α,β-unsaturated/α-hetero) is 1. The lowest BCUT2D eigenvalue weighted by Crippen LogP contribution is -2.23. The number of rotatable bonds is 5. The highest BCUT2D eigenvalue weighted by atomic mass is 16.6. The fourth-order valence-electron chi connectivity index (χ4n) is 3.20. The third-order valence-electron chi connectivity index (χ3n) is 4.69. The molecular formula is C21H21N3O3. The van der Waals surface area contributed by atoms with Crippen LogP contribution >= 0.6 is 0 Å². The molecule has 1 aromatic heterocycles. The van der Waals surface area contributed by atoms with E-state index < -0.39 is 11.0 Å². The van der Waals surface area contributed by atoms with E-state index in [9.17, 15) is 14.9 Å². The minimum atomic E-state index is -0.763. The summed E-state index contributed by atoms with van der Waals surface area (Å²) in [6.07, 6.45) is 0. The summed E-state index contributed by atoms with van der Waals surface area (Å²) >= 11 is 0. The van der Waals surface area contributed by atoms with Gasteiger partial charge in [-0.3, -0.25) is 14.9 Å². The van der Waals surface area contributed by atoms with E-state index in [1.807, 2.05) is 50.2 Å². The average molecular weight is 363 g/mol. The Labute approximate surface area is 157 Å². The van der Waals surface area contributed by atoms with Crippen LogP contribution in [0.2, 0.25) is 0 Å². The van der Waals surface area contributed by atoms with Crippen LogP contribution in [0.1, 0.15) is 44.5 Å². The number of nitrogens with zero attached hydrogens (tertiary/aromatic N) is 3. The number of aromatic nitrogens is 2. The van der Waals surface area contributed by atoms with Gasteiger partial charge in [-0.05, 0) is 33.3 Å². The van der Waals surface area contributed by atoms with E-state index in [-0.39, 0.29) is 11.5 Å². The van der Waals surface area contributed by atoms with E-state index in [4.69, 9.17) is 0 Å². The lowest BCUT2D eigenvalue weighted by molar-refractivity contribution is -0.386. The van der Waals surface area contributed by atoms with Gasteiger partial charge in [0.05, 0.1) is 4.92 Å². The van der Waals surface area contributed by atoms with Crippen molar-refractivity contribution in [2.45, 2.75) is 33.7 Å². The molecule has 27 heavy (non-hydrogen) atoms. The van der Waals surface area contributed by atoms with Gasteiger partial charge in [0.2, 0.25) is 0 Å². The molecule has 0 saturated heterocycles. The van der Waals surface area contributed by atoms with Crippen molar-refractivity contribution in [1.29, 1.82) is 0 Å². The van der Waals surface area contributed by atoms with Crippen molar-refractivity contribution in [3.8, 4) is 0 Å². The van der Waals surface area contributed by atoms with E-state index in [0.29, 0.717) is 17.0 Å². The zero-order chi connectivity index (χ0) is 19.7. The van der Waals surface area contributed by atoms with Crippen LogP contribution in [0.15, 0.2) is 48.5 Å². The molecule has 0 fully saturated rings. The van der Waals surface area contributed by atoms with Gasteiger partial charge in [-0.25, -0.2) is 4.68 Å². The van der Waals surface area contributed by atoms with Crippen molar-refractivity contribution < 1.29 is 9.72 Å². The molecule has 0 bridgehead atoms. The first-order valence-electron chi connectivity index (χ1n) is 8.67. The third-order valence-corrected chi connectivity index (χ3v) is 4.69. The van der Waals surface area contributed by atoms with Gasteiger partial charge in [-0.1, -0.05) is 59.7 Å². The van der Waals surface area contributed by atoms with E-state index in [0.717, 1.165) is 16.7 Å². The topological polar surface area (TPSA) is 78.0 Å². The molecule has 6 nitrogen and oxygen atoms in total. The van der Waals surface area contributed by atoms with Crippen molar-refractivity contribution in [2.75, 3.05) is 0 Å². The van der Waals surface area contributed by atoms with Gasteiger partial charge >= 0.3 is 5.69 Å². The highest BCUT2D eigenvalue weighted by Gasteiger charge is 2.31. The lowest BCUT2D eigenvalue weighted by atomic mass is 9.96. The molecule has 6 heteroatoms. The van der Waals surface area contributed by atoms with Crippen molar-refractivity contribution in [1.82, 2.24) is 9.78 Å². The van der Waals surface area contributed by atoms with Crippen LogP contribution in [0, 0.1) is 37.8 Å². The number of carbonyl (C=O) groups excluding carboxylic acids is 1. The van der Waals surface area contributed by atoms with Gasteiger partial charge in [0, 0.05) is 5.56 Å². The molecule has 1 atom stereocenters. The predicted molar refractivity (Wildman–Crippen MR) is 103 cm³/mol. The Hall–Kier alpha value is -3.28. The number of hydrogen-bond acceptors (Lipinski definition) is 4. The standard InChI is InChI=1S/C21H21N3O3/c1-13-5-9-17(10-6-13)20(21(25)18-11-7-14(2)8-12-18)23-16(4)19(24(26)27)15(3)22-23/h5-12,20H,1-4H3/t20-/m0/s1.